The van der Waals surface area contributed by atoms with Crippen molar-refractivity contribution in [2.24, 2.45) is 0 Å². The van der Waals surface area contributed by atoms with Crippen LogP contribution in [0.2, 0.25) is 0 Å². The molecule has 0 spiro atoms. The lowest BCUT2D eigenvalue weighted by molar-refractivity contribution is -0.137. The number of rotatable bonds is 5. The van der Waals surface area contributed by atoms with E-state index in [1.807, 2.05) is 30.3 Å². The summed E-state index contributed by atoms with van der Waals surface area (Å²) >= 11 is 0. The Labute approximate surface area is 196 Å². The number of para-hydroxylation sites is 1. The van der Waals surface area contributed by atoms with Gasteiger partial charge in [-0.05, 0) is 50.2 Å². The number of hydrogen-bond acceptors (Lipinski definition) is 6. The molecule has 1 aliphatic rings. The van der Waals surface area contributed by atoms with Gasteiger partial charge < -0.3 is 14.8 Å². The lowest BCUT2D eigenvalue weighted by atomic mass is 9.79. The first-order valence-electron chi connectivity index (χ1n) is 10.6. The Morgan fingerprint density at radius 1 is 0.912 bits per heavy atom. The van der Waals surface area contributed by atoms with Crippen molar-refractivity contribution >= 4 is 11.9 Å². The second-order valence-corrected chi connectivity index (χ2v) is 7.84. The van der Waals surface area contributed by atoms with Crippen LogP contribution in [0.25, 0.3) is 16.9 Å². The van der Waals surface area contributed by atoms with Gasteiger partial charge in [-0.3, -0.25) is 0 Å². The molecule has 0 radical (unpaired) electrons. The van der Waals surface area contributed by atoms with Crippen LogP contribution in [0.1, 0.15) is 25.3 Å². The van der Waals surface area contributed by atoms with Crippen LogP contribution in [0.4, 0.5) is 4.39 Å². The minimum absolute atomic E-state index is 0.268. The van der Waals surface area contributed by atoms with Crippen LogP contribution in [0.3, 0.4) is 0 Å². The Hall–Kier alpha value is -4.20. The Kier molecular flexibility index (Phi) is 6.32. The highest BCUT2D eigenvalue weighted by molar-refractivity contribution is 6.00. The fraction of sp³-hybridized carbons (Fsp3) is 0.192. The van der Waals surface area contributed by atoms with E-state index in [-0.39, 0.29) is 17.0 Å². The van der Waals surface area contributed by atoms with Gasteiger partial charge in [0.2, 0.25) is 0 Å². The van der Waals surface area contributed by atoms with Crippen LogP contribution in [0, 0.1) is 5.82 Å². The molecule has 34 heavy (non-hydrogen) atoms. The summed E-state index contributed by atoms with van der Waals surface area (Å²) in [5.41, 5.74) is 4.14. The van der Waals surface area contributed by atoms with E-state index in [4.69, 9.17) is 14.6 Å². The molecule has 0 saturated heterocycles. The Balaban J connectivity index is 2.02. The predicted octanol–water partition coefficient (Wildman–Crippen LogP) is 4.26. The number of allylic oxidation sites excluding steroid dienone is 2. The number of esters is 2. The molecule has 0 aliphatic carbocycles. The third kappa shape index (κ3) is 4.10. The lowest BCUT2D eigenvalue weighted by Crippen LogP contribution is -2.32. The van der Waals surface area contributed by atoms with E-state index in [1.165, 1.54) is 26.4 Å². The number of methoxy groups -OCH3 is 2. The molecular formula is C26H24FN3O4. The summed E-state index contributed by atoms with van der Waals surface area (Å²) < 4.78 is 25.5. The Morgan fingerprint density at radius 2 is 1.47 bits per heavy atom. The molecule has 8 heteroatoms. The van der Waals surface area contributed by atoms with Gasteiger partial charge >= 0.3 is 11.9 Å². The molecule has 0 amide bonds. The van der Waals surface area contributed by atoms with Gasteiger partial charge in [0.05, 0.1) is 42.7 Å². The third-order valence-corrected chi connectivity index (χ3v) is 5.76. The second-order valence-electron chi connectivity index (χ2n) is 7.84. The molecule has 3 aromatic rings. The van der Waals surface area contributed by atoms with Crippen LogP contribution in [-0.2, 0) is 19.1 Å². The van der Waals surface area contributed by atoms with Crippen LogP contribution >= 0.6 is 0 Å². The second kappa shape index (κ2) is 9.35. The van der Waals surface area contributed by atoms with Gasteiger partial charge in [0.15, 0.2) is 0 Å². The van der Waals surface area contributed by atoms with E-state index in [0.29, 0.717) is 28.2 Å². The van der Waals surface area contributed by atoms with Gasteiger partial charge in [0.1, 0.15) is 5.82 Å². The molecule has 0 atom stereocenters. The van der Waals surface area contributed by atoms with E-state index in [0.717, 1.165) is 5.69 Å². The van der Waals surface area contributed by atoms with E-state index in [2.05, 4.69) is 5.32 Å². The molecule has 1 aliphatic heterocycles. The van der Waals surface area contributed by atoms with Gasteiger partial charge in [0.25, 0.3) is 0 Å². The standard InChI is InChI=1S/C26H24FN3O4/c1-15-21(25(31)33-3)23(22(16(2)28-15)26(32)34-4)20-14-30(19-8-6-5-7-9-19)29-24(20)17-10-12-18(27)13-11-17/h5-14,23,28H,1-4H3. The molecule has 1 N–H and O–H groups in total. The van der Waals surface area contributed by atoms with Crippen molar-refractivity contribution in [2.45, 2.75) is 19.8 Å². The van der Waals surface area contributed by atoms with Crippen molar-refractivity contribution in [3.8, 4) is 16.9 Å². The number of carbonyl (C=O) groups is 2. The van der Waals surface area contributed by atoms with E-state index < -0.39 is 17.9 Å². The number of nitrogens with zero attached hydrogens (tertiary/aromatic N) is 2. The number of hydrogen-bond donors (Lipinski definition) is 1. The van der Waals surface area contributed by atoms with E-state index in [1.54, 1.807) is 36.9 Å². The minimum atomic E-state index is -0.821. The van der Waals surface area contributed by atoms with Gasteiger partial charge in [0, 0.05) is 28.7 Å². The Bertz CT molecular complexity index is 1270. The predicted molar refractivity (Wildman–Crippen MR) is 124 cm³/mol. The molecular weight excluding hydrogens is 437 g/mol. The van der Waals surface area contributed by atoms with Crippen LogP contribution in [0.15, 0.2) is 83.3 Å². The smallest absolute Gasteiger partial charge is 0.336 e. The topological polar surface area (TPSA) is 82.5 Å². The highest BCUT2D eigenvalue weighted by atomic mass is 19.1. The lowest BCUT2D eigenvalue weighted by Gasteiger charge is -2.29. The summed E-state index contributed by atoms with van der Waals surface area (Å²) in [7, 11) is 2.58. The zero-order chi connectivity index (χ0) is 24.4. The van der Waals surface area contributed by atoms with Gasteiger partial charge in [-0.25, -0.2) is 18.7 Å². The van der Waals surface area contributed by atoms with Crippen molar-refractivity contribution in [1.29, 1.82) is 0 Å². The van der Waals surface area contributed by atoms with Crippen molar-refractivity contribution in [2.75, 3.05) is 14.2 Å². The summed E-state index contributed by atoms with van der Waals surface area (Å²) in [6.07, 6.45) is 1.77. The number of ether oxygens (including phenoxy) is 2. The number of benzene rings is 2. The highest BCUT2D eigenvalue weighted by Crippen LogP contribution is 2.43. The third-order valence-electron chi connectivity index (χ3n) is 5.76. The minimum Gasteiger partial charge on any atom is -0.466 e. The molecule has 7 nitrogen and oxygen atoms in total. The number of dihydropyridines is 1. The molecule has 0 saturated carbocycles. The summed E-state index contributed by atoms with van der Waals surface area (Å²) in [6.45, 7) is 3.49. The molecule has 174 valence electrons. The fourth-order valence-electron chi connectivity index (χ4n) is 4.21. The van der Waals surface area contributed by atoms with Gasteiger partial charge in [-0.1, -0.05) is 18.2 Å². The normalized spacial score (nSPS) is 14.1. The van der Waals surface area contributed by atoms with Gasteiger partial charge in [-0.15, -0.1) is 0 Å². The SMILES string of the molecule is COC(=O)C1=C(C)NC(C)=C(C(=O)OC)C1c1cn(-c2ccccc2)nc1-c1ccc(F)cc1. The zero-order valence-electron chi connectivity index (χ0n) is 19.3. The van der Waals surface area contributed by atoms with Crippen LogP contribution < -0.4 is 5.32 Å². The van der Waals surface area contributed by atoms with Crippen LogP contribution in [-0.4, -0.2) is 35.9 Å². The monoisotopic (exact) mass is 461 g/mol. The molecule has 4 rings (SSSR count). The maximum atomic E-state index is 13.7. The molecule has 2 heterocycles. The molecule has 0 bridgehead atoms. The van der Waals surface area contributed by atoms with Gasteiger partial charge in [-0.2, -0.15) is 5.10 Å². The molecule has 2 aromatic carbocycles. The zero-order valence-corrected chi connectivity index (χ0v) is 19.3. The van der Waals surface area contributed by atoms with Crippen molar-refractivity contribution in [1.82, 2.24) is 15.1 Å². The summed E-state index contributed by atoms with van der Waals surface area (Å²) in [6, 6.07) is 15.3. The largest absolute Gasteiger partial charge is 0.466 e. The van der Waals surface area contributed by atoms with Crippen molar-refractivity contribution in [3.05, 3.63) is 94.7 Å². The first-order valence-corrected chi connectivity index (χ1v) is 10.6. The summed E-state index contributed by atoms with van der Waals surface area (Å²) in [4.78, 5) is 25.8. The molecule has 0 unspecified atom stereocenters. The Morgan fingerprint density at radius 3 is 2.00 bits per heavy atom. The van der Waals surface area contributed by atoms with E-state index in [9.17, 15) is 14.0 Å². The highest BCUT2D eigenvalue weighted by Gasteiger charge is 2.40. The number of nitrogens with one attached hydrogen (secondary N) is 1. The fourth-order valence-corrected chi connectivity index (χ4v) is 4.21. The number of carbonyl (C=O) groups excluding carboxylic acids is 2. The van der Waals surface area contributed by atoms with Crippen molar-refractivity contribution < 1.29 is 23.5 Å². The van der Waals surface area contributed by atoms with Crippen molar-refractivity contribution in [3.63, 3.8) is 0 Å². The molecule has 0 fully saturated rings. The number of halogens is 1. The molecule has 1 aromatic heterocycles. The first kappa shape index (κ1) is 23.0. The summed E-state index contributed by atoms with van der Waals surface area (Å²) in [5.74, 6) is -2.37. The van der Waals surface area contributed by atoms with E-state index >= 15 is 0 Å². The average Bonchev–Trinajstić information content (AvgIpc) is 3.29. The maximum absolute atomic E-state index is 13.7. The quantitative estimate of drug-likeness (QED) is 0.572. The summed E-state index contributed by atoms with van der Waals surface area (Å²) in [5, 5.41) is 7.86. The maximum Gasteiger partial charge on any atom is 0.336 e. The number of aromatic nitrogens is 2. The average molecular weight is 461 g/mol. The van der Waals surface area contributed by atoms with Crippen LogP contribution in [0.5, 0.6) is 0 Å². The first-order chi connectivity index (χ1) is 16.3.